The molecular formula is C18H17FN2O6. The quantitative estimate of drug-likeness (QED) is 0.431. The van der Waals surface area contributed by atoms with E-state index in [1.54, 1.807) is 37.3 Å². The van der Waals surface area contributed by atoms with Gasteiger partial charge in [-0.25, -0.2) is 9.18 Å². The van der Waals surface area contributed by atoms with Crippen LogP contribution in [0.15, 0.2) is 48.5 Å². The molecule has 0 fully saturated rings. The van der Waals surface area contributed by atoms with Gasteiger partial charge in [-0.3, -0.25) is 14.9 Å². The summed E-state index contributed by atoms with van der Waals surface area (Å²) in [6, 6.07) is 11.3. The fourth-order valence-electron chi connectivity index (χ4n) is 2.10. The molecular weight excluding hydrogens is 359 g/mol. The van der Waals surface area contributed by atoms with Crippen molar-refractivity contribution in [3.63, 3.8) is 0 Å². The second kappa shape index (κ2) is 9.27. The van der Waals surface area contributed by atoms with Crippen LogP contribution in [0.4, 0.5) is 15.8 Å². The number of non-ortho nitro benzene ring substituents is 1. The maximum atomic E-state index is 13.7. The van der Waals surface area contributed by atoms with Gasteiger partial charge in [0.2, 0.25) is 0 Å². The Morgan fingerprint density at radius 3 is 2.56 bits per heavy atom. The van der Waals surface area contributed by atoms with E-state index in [9.17, 15) is 24.1 Å². The van der Waals surface area contributed by atoms with Crippen molar-refractivity contribution in [2.45, 2.75) is 19.4 Å². The first-order valence-electron chi connectivity index (χ1n) is 8.02. The number of anilines is 1. The van der Waals surface area contributed by atoms with Gasteiger partial charge in [-0.1, -0.05) is 25.1 Å². The Morgan fingerprint density at radius 2 is 1.93 bits per heavy atom. The second-order valence-corrected chi connectivity index (χ2v) is 5.40. The van der Waals surface area contributed by atoms with Crippen LogP contribution >= 0.6 is 0 Å². The van der Waals surface area contributed by atoms with E-state index in [4.69, 9.17) is 9.47 Å². The number of hydrogen-bond acceptors (Lipinski definition) is 6. The molecule has 1 N–H and O–H groups in total. The van der Waals surface area contributed by atoms with Crippen LogP contribution in [0.3, 0.4) is 0 Å². The Kier molecular flexibility index (Phi) is 6.81. The molecule has 0 aliphatic carbocycles. The van der Waals surface area contributed by atoms with Gasteiger partial charge in [0.05, 0.1) is 10.6 Å². The lowest BCUT2D eigenvalue weighted by Gasteiger charge is -2.16. The topological polar surface area (TPSA) is 108 Å². The average Bonchev–Trinajstić information content (AvgIpc) is 2.66. The van der Waals surface area contributed by atoms with Crippen LogP contribution < -0.4 is 10.1 Å². The van der Waals surface area contributed by atoms with Crippen molar-refractivity contribution in [2.24, 2.45) is 0 Å². The summed E-state index contributed by atoms with van der Waals surface area (Å²) in [5.74, 6) is -1.96. The standard InChI is InChI=1S/C18H17FN2O6/c1-2-16(27-13-6-4-3-5-7-13)18(23)26-11-17(22)20-15-10-12(21(24)25)8-9-14(15)19/h3-10,16H,2,11H2,1H3,(H,20,22)/t16-/m0/s1. The lowest BCUT2D eigenvalue weighted by Crippen LogP contribution is -2.31. The van der Waals surface area contributed by atoms with E-state index in [2.05, 4.69) is 5.32 Å². The lowest BCUT2D eigenvalue weighted by molar-refractivity contribution is -0.384. The average molecular weight is 376 g/mol. The van der Waals surface area contributed by atoms with Crippen LogP contribution in [0, 0.1) is 15.9 Å². The van der Waals surface area contributed by atoms with Gasteiger partial charge in [0.15, 0.2) is 12.7 Å². The number of esters is 1. The molecule has 1 amide bonds. The summed E-state index contributed by atoms with van der Waals surface area (Å²) in [5.41, 5.74) is -0.760. The molecule has 0 radical (unpaired) electrons. The summed E-state index contributed by atoms with van der Waals surface area (Å²) in [7, 11) is 0. The minimum Gasteiger partial charge on any atom is -0.479 e. The van der Waals surface area contributed by atoms with Crippen LogP contribution in [0.25, 0.3) is 0 Å². The number of nitrogens with one attached hydrogen (secondary N) is 1. The van der Waals surface area contributed by atoms with Crippen LogP contribution in [0.2, 0.25) is 0 Å². The Balaban J connectivity index is 1.91. The molecule has 2 rings (SSSR count). The Hall–Kier alpha value is -3.49. The predicted octanol–water partition coefficient (Wildman–Crippen LogP) is 3.07. The smallest absolute Gasteiger partial charge is 0.347 e. The van der Waals surface area contributed by atoms with Gasteiger partial charge in [0.1, 0.15) is 11.6 Å². The van der Waals surface area contributed by atoms with Gasteiger partial charge >= 0.3 is 5.97 Å². The third-order valence-electron chi connectivity index (χ3n) is 3.44. The number of para-hydroxylation sites is 1. The van der Waals surface area contributed by atoms with Crippen molar-refractivity contribution in [1.82, 2.24) is 0 Å². The van der Waals surface area contributed by atoms with Crippen molar-refractivity contribution in [3.05, 3.63) is 64.5 Å². The summed E-state index contributed by atoms with van der Waals surface area (Å²) in [4.78, 5) is 33.9. The van der Waals surface area contributed by atoms with E-state index in [1.807, 2.05) is 0 Å². The number of rotatable bonds is 8. The highest BCUT2D eigenvalue weighted by Crippen LogP contribution is 2.21. The zero-order valence-corrected chi connectivity index (χ0v) is 14.4. The van der Waals surface area contributed by atoms with E-state index in [0.29, 0.717) is 12.2 Å². The van der Waals surface area contributed by atoms with Gasteiger partial charge < -0.3 is 14.8 Å². The molecule has 0 saturated heterocycles. The first kappa shape index (κ1) is 19.8. The maximum absolute atomic E-state index is 13.7. The number of carbonyl (C=O) groups is 2. The van der Waals surface area contributed by atoms with E-state index in [1.165, 1.54) is 0 Å². The number of ether oxygens (including phenoxy) is 2. The number of nitrogens with zero attached hydrogens (tertiary/aromatic N) is 1. The first-order chi connectivity index (χ1) is 12.9. The van der Waals surface area contributed by atoms with E-state index in [0.717, 1.165) is 18.2 Å². The molecule has 0 saturated carbocycles. The number of nitro benzene ring substituents is 1. The highest BCUT2D eigenvalue weighted by molar-refractivity contribution is 5.93. The second-order valence-electron chi connectivity index (χ2n) is 5.40. The fraction of sp³-hybridized carbons (Fsp3) is 0.222. The van der Waals surface area contributed by atoms with Gasteiger partial charge in [-0.15, -0.1) is 0 Å². The summed E-state index contributed by atoms with van der Waals surface area (Å²) in [6.45, 7) is 1.03. The van der Waals surface area contributed by atoms with Gasteiger partial charge in [0.25, 0.3) is 11.6 Å². The number of halogens is 1. The predicted molar refractivity (Wildman–Crippen MR) is 93.8 cm³/mol. The van der Waals surface area contributed by atoms with E-state index >= 15 is 0 Å². The van der Waals surface area contributed by atoms with Crippen molar-refractivity contribution >= 4 is 23.3 Å². The van der Waals surface area contributed by atoms with Crippen LogP contribution in [-0.4, -0.2) is 29.5 Å². The monoisotopic (exact) mass is 376 g/mol. The fourth-order valence-corrected chi connectivity index (χ4v) is 2.10. The summed E-state index contributed by atoms with van der Waals surface area (Å²) >= 11 is 0. The highest BCUT2D eigenvalue weighted by atomic mass is 19.1. The summed E-state index contributed by atoms with van der Waals surface area (Å²) in [5, 5.41) is 12.8. The number of carbonyl (C=O) groups excluding carboxylic acids is 2. The SMILES string of the molecule is CC[C@H](Oc1ccccc1)C(=O)OCC(=O)Nc1cc([N+](=O)[O-])ccc1F. The van der Waals surface area contributed by atoms with Crippen LogP contribution in [-0.2, 0) is 14.3 Å². The molecule has 0 spiro atoms. The third-order valence-corrected chi connectivity index (χ3v) is 3.44. The van der Waals surface area contributed by atoms with Gasteiger partial charge in [-0.2, -0.15) is 0 Å². The molecule has 142 valence electrons. The lowest BCUT2D eigenvalue weighted by atomic mass is 10.2. The third kappa shape index (κ3) is 5.77. The maximum Gasteiger partial charge on any atom is 0.347 e. The molecule has 2 aromatic carbocycles. The molecule has 2 aromatic rings. The number of benzene rings is 2. The molecule has 0 heterocycles. The molecule has 0 aromatic heterocycles. The number of amides is 1. The van der Waals surface area contributed by atoms with Gasteiger partial charge in [-0.05, 0) is 24.6 Å². The van der Waals surface area contributed by atoms with Crippen molar-refractivity contribution in [2.75, 3.05) is 11.9 Å². The molecule has 8 nitrogen and oxygen atoms in total. The summed E-state index contributed by atoms with van der Waals surface area (Å²) < 4.78 is 24.0. The number of nitro groups is 1. The highest BCUT2D eigenvalue weighted by Gasteiger charge is 2.21. The van der Waals surface area contributed by atoms with Crippen molar-refractivity contribution in [1.29, 1.82) is 0 Å². The molecule has 9 heteroatoms. The molecule has 0 unspecified atom stereocenters. The molecule has 0 bridgehead atoms. The van der Waals surface area contributed by atoms with Crippen LogP contribution in [0.5, 0.6) is 5.75 Å². The zero-order chi connectivity index (χ0) is 19.8. The molecule has 27 heavy (non-hydrogen) atoms. The largest absolute Gasteiger partial charge is 0.479 e. The number of hydrogen-bond donors (Lipinski definition) is 1. The van der Waals surface area contributed by atoms with E-state index in [-0.39, 0.29) is 11.4 Å². The van der Waals surface area contributed by atoms with E-state index < -0.39 is 35.3 Å². The zero-order valence-electron chi connectivity index (χ0n) is 14.4. The molecule has 1 atom stereocenters. The van der Waals surface area contributed by atoms with Crippen LogP contribution in [0.1, 0.15) is 13.3 Å². The van der Waals surface area contributed by atoms with Crippen molar-refractivity contribution < 1.29 is 28.4 Å². The summed E-state index contributed by atoms with van der Waals surface area (Å²) in [6.07, 6.45) is -0.593. The first-order valence-corrected chi connectivity index (χ1v) is 8.02. The minimum atomic E-state index is -0.908. The molecule has 0 aliphatic heterocycles. The van der Waals surface area contributed by atoms with Crippen molar-refractivity contribution in [3.8, 4) is 5.75 Å². The Labute approximate surface area is 154 Å². The molecule has 0 aliphatic rings. The van der Waals surface area contributed by atoms with Gasteiger partial charge in [0, 0.05) is 12.1 Å². The normalized spacial score (nSPS) is 11.3. The minimum absolute atomic E-state index is 0.314. The Morgan fingerprint density at radius 1 is 1.22 bits per heavy atom. The Bertz CT molecular complexity index is 828.